The molecule has 0 saturated carbocycles. The Morgan fingerprint density at radius 3 is 2.67 bits per heavy atom. The fourth-order valence-corrected chi connectivity index (χ4v) is 2.38. The van der Waals surface area contributed by atoms with Gasteiger partial charge >= 0.3 is 0 Å². The van der Waals surface area contributed by atoms with E-state index < -0.39 is 12.0 Å². The molecular weight excluding hydrogens is 268 g/mol. The van der Waals surface area contributed by atoms with Gasteiger partial charge in [0.2, 0.25) is 5.91 Å². The van der Waals surface area contributed by atoms with E-state index in [-0.39, 0.29) is 18.2 Å². The van der Waals surface area contributed by atoms with Gasteiger partial charge in [-0.2, -0.15) is 0 Å². The maximum absolute atomic E-state index is 12.0. The minimum Gasteiger partial charge on any atom is -0.548 e. The first-order valence-electron chi connectivity index (χ1n) is 7.02. The SMILES string of the molecule is CC(C)C[C@H](NC(=O)Cc1c[nH]c2ccccc12)C(=O)[O-]. The van der Waals surface area contributed by atoms with Crippen LogP contribution in [0.3, 0.4) is 0 Å². The highest BCUT2D eigenvalue weighted by Crippen LogP contribution is 2.18. The number of carbonyl (C=O) groups excluding carboxylic acids is 2. The molecule has 2 N–H and O–H groups in total. The molecule has 0 radical (unpaired) electrons. The lowest BCUT2D eigenvalue weighted by Gasteiger charge is -2.21. The van der Waals surface area contributed by atoms with Crippen molar-refractivity contribution < 1.29 is 14.7 Å². The zero-order chi connectivity index (χ0) is 15.4. The zero-order valence-electron chi connectivity index (χ0n) is 12.2. The van der Waals surface area contributed by atoms with Gasteiger partial charge in [0.05, 0.1) is 18.4 Å². The lowest BCUT2D eigenvalue weighted by atomic mass is 10.0. The number of carboxylic acid groups (broad SMARTS) is 1. The number of aromatic amines is 1. The number of para-hydroxylation sites is 1. The molecule has 2 aromatic rings. The molecule has 5 nitrogen and oxygen atoms in total. The monoisotopic (exact) mass is 287 g/mol. The van der Waals surface area contributed by atoms with E-state index >= 15 is 0 Å². The topological polar surface area (TPSA) is 85.0 Å². The van der Waals surface area contributed by atoms with Gasteiger partial charge in [-0.1, -0.05) is 32.0 Å². The van der Waals surface area contributed by atoms with E-state index in [4.69, 9.17) is 0 Å². The molecule has 21 heavy (non-hydrogen) atoms. The van der Waals surface area contributed by atoms with Crippen LogP contribution in [0.15, 0.2) is 30.5 Å². The van der Waals surface area contributed by atoms with E-state index in [0.29, 0.717) is 6.42 Å². The summed E-state index contributed by atoms with van der Waals surface area (Å²) in [5.41, 5.74) is 1.81. The molecule has 0 spiro atoms. The van der Waals surface area contributed by atoms with E-state index in [2.05, 4.69) is 10.3 Å². The van der Waals surface area contributed by atoms with Crippen LogP contribution in [-0.2, 0) is 16.0 Å². The molecule has 0 unspecified atom stereocenters. The van der Waals surface area contributed by atoms with Gasteiger partial charge < -0.3 is 20.2 Å². The third-order valence-electron chi connectivity index (χ3n) is 3.35. The van der Waals surface area contributed by atoms with Gasteiger partial charge in [-0.3, -0.25) is 4.79 Å². The minimum absolute atomic E-state index is 0.145. The Morgan fingerprint density at radius 1 is 1.29 bits per heavy atom. The van der Waals surface area contributed by atoms with Crippen molar-refractivity contribution in [1.29, 1.82) is 0 Å². The fourth-order valence-electron chi connectivity index (χ4n) is 2.38. The normalized spacial score (nSPS) is 12.5. The van der Waals surface area contributed by atoms with Crippen LogP contribution >= 0.6 is 0 Å². The van der Waals surface area contributed by atoms with Crippen LogP contribution in [0, 0.1) is 5.92 Å². The first-order valence-corrected chi connectivity index (χ1v) is 7.02. The minimum atomic E-state index is -1.24. The Morgan fingerprint density at radius 2 is 2.00 bits per heavy atom. The number of rotatable bonds is 6. The number of aliphatic carboxylic acids is 1. The lowest BCUT2D eigenvalue weighted by Crippen LogP contribution is -2.48. The number of amides is 1. The number of hydrogen-bond acceptors (Lipinski definition) is 3. The van der Waals surface area contributed by atoms with Gasteiger partial charge in [-0.15, -0.1) is 0 Å². The van der Waals surface area contributed by atoms with Crippen LogP contribution in [-0.4, -0.2) is 22.9 Å². The molecule has 112 valence electrons. The van der Waals surface area contributed by atoms with Crippen LogP contribution in [0.1, 0.15) is 25.8 Å². The molecule has 1 amide bonds. The van der Waals surface area contributed by atoms with Gasteiger partial charge in [0.1, 0.15) is 0 Å². The summed E-state index contributed by atoms with van der Waals surface area (Å²) in [6.07, 6.45) is 2.29. The van der Waals surface area contributed by atoms with Crippen molar-refractivity contribution in [3.05, 3.63) is 36.0 Å². The molecule has 1 aromatic carbocycles. The first kappa shape index (κ1) is 15.1. The number of hydrogen-bond donors (Lipinski definition) is 2. The molecule has 0 fully saturated rings. The second kappa shape index (κ2) is 6.43. The van der Waals surface area contributed by atoms with Crippen molar-refractivity contribution in [2.75, 3.05) is 0 Å². The van der Waals surface area contributed by atoms with E-state index in [0.717, 1.165) is 16.5 Å². The van der Waals surface area contributed by atoms with Gasteiger partial charge in [0.15, 0.2) is 0 Å². The van der Waals surface area contributed by atoms with Gasteiger partial charge in [-0.05, 0) is 24.0 Å². The Bertz CT molecular complexity index is 646. The van der Waals surface area contributed by atoms with Gasteiger partial charge in [0.25, 0.3) is 0 Å². The van der Waals surface area contributed by atoms with Crippen LogP contribution in [0.5, 0.6) is 0 Å². The number of H-pyrrole nitrogens is 1. The summed E-state index contributed by atoms with van der Waals surface area (Å²) in [4.78, 5) is 26.2. The van der Waals surface area contributed by atoms with Crippen LogP contribution in [0.2, 0.25) is 0 Å². The maximum atomic E-state index is 12.0. The second-order valence-corrected chi connectivity index (χ2v) is 5.60. The smallest absolute Gasteiger partial charge is 0.225 e. The fraction of sp³-hybridized carbons (Fsp3) is 0.375. The van der Waals surface area contributed by atoms with Crippen LogP contribution in [0.4, 0.5) is 0 Å². The van der Waals surface area contributed by atoms with Crippen molar-refractivity contribution in [2.24, 2.45) is 5.92 Å². The Balaban J connectivity index is 2.05. The molecule has 1 atom stereocenters. The molecule has 2 rings (SSSR count). The number of carbonyl (C=O) groups is 2. The zero-order valence-corrected chi connectivity index (χ0v) is 12.2. The van der Waals surface area contributed by atoms with Gasteiger partial charge in [-0.25, -0.2) is 0 Å². The maximum Gasteiger partial charge on any atom is 0.225 e. The Kier molecular flexibility index (Phi) is 4.62. The van der Waals surface area contributed by atoms with E-state index in [1.807, 2.05) is 38.1 Å². The molecule has 1 aromatic heterocycles. The molecule has 0 saturated heterocycles. The average Bonchev–Trinajstić information content (AvgIpc) is 2.81. The summed E-state index contributed by atoms with van der Waals surface area (Å²) in [5.74, 6) is -1.38. The molecule has 1 heterocycles. The quantitative estimate of drug-likeness (QED) is 0.831. The standard InChI is InChI=1S/C16H20N2O3/c1-10(2)7-14(16(20)21)18-15(19)8-11-9-17-13-6-4-3-5-12(11)13/h3-6,9-10,14,17H,7-8H2,1-2H3,(H,18,19)(H,20,21)/p-1/t14-/m0/s1. The number of carboxylic acids is 1. The molecule has 0 aliphatic rings. The van der Waals surface area contributed by atoms with Gasteiger partial charge in [0, 0.05) is 17.1 Å². The summed E-state index contributed by atoms with van der Waals surface area (Å²) >= 11 is 0. The molecule has 0 aliphatic heterocycles. The lowest BCUT2D eigenvalue weighted by molar-refractivity contribution is -0.308. The van der Waals surface area contributed by atoms with Crippen molar-refractivity contribution in [3.8, 4) is 0 Å². The summed E-state index contributed by atoms with van der Waals surface area (Å²) < 4.78 is 0. The van der Waals surface area contributed by atoms with Crippen molar-refractivity contribution >= 4 is 22.8 Å². The summed E-state index contributed by atoms with van der Waals surface area (Å²) in [6.45, 7) is 3.81. The highest BCUT2D eigenvalue weighted by Gasteiger charge is 2.16. The largest absolute Gasteiger partial charge is 0.548 e. The highest BCUT2D eigenvalue weighted by atomic mass is 16.4. The predicted octanol–water partition coefficient (Wildman–Crippen LogP) is 0.991. The Labute approximate surface area is 123 Å². The predicted molar refractivity (Wildman–Crippen MR) is 78.4 cm³/mol. The van der Waals surface area contributed by atoms with E-state index in [9.17, 15) is 14.7 Å². The molecule has 0 bridgehead atoms. The summed E-state index contributed by atoms with van der Waals surface area (Å²) in [7, 11) is 0. The third kappa shape index (κ3) is 3.84. The van der Waals surface area contributed by atoms with Crippen LogP contribution < -0.4 is 10.4 Å². The number of aromatic nitrogens is 1. The second-order valence-electron chi connectivity index (χ2n) is 5.60. The van der Waals surface area contributed by atoms with Crippen molar-refractivity contribution in [1.82, 2.24) is 10.3 Å². The summed E-state index contributed by atoms with van der Waals surface area (Å²) in [6, 6.07) is 6.73. The van der Waals surface area contributed by atoms with Crippen LogP contribution in [0.25, 0.3) is 10.9 Å². The first-order chi connectivity index (χ1) is 9.97. The number of nitrogens with one attached hydrogen (secondary N) is 2. The molecule has 5 heteroatoms. The van der Waals surface area contributed by atoms with Crippen molar-refractivity contribution in [2.45, 2.75) is 32.7 Å². The van der Waals surface area contributed by atoms with E-state index in [1.54, 1.807) is 6.20 Å². The van der Waals surface area contributed by atoms with Crippen molar-refractivity contribution in [3.63, 3.8) is 0 Å². The average molecular weight is 287 g/mol. The number of benzene rings is 1. The molecule has 0 aliphatic carbocycles. The van der Waals surface area contributed by atoms with E-state index in [1.165, 1.54) is 0 Å². The third-order valence-corrected chi connectivity index (χ3v) is 3.35. The highest BCUT2D eigenvalue weighted by molar-refractivity contribution is 5.90. The number of fused-ring (bicyclic) bond motifs is 1. The summed E-state index contributed by atoms with van der Waals surface area (Å²) in [5, 5.41) is 14.6. The Hall–Kier alpha value is -2.30. The molecular formula is C16H19N2O3-.